The van der Waals surface area contributed by atoms with Crippen LogP contribution in [0.25, 0.3) is 0 Å². The number of carbonyl (C=O) groups excluding carboxylic acids is 2. The summed E-state index contributed by atoms with van der Waals surface area (Å²) in [6, 6.07) is 6.90. The van der Waals surface area contributed by atoms with E-state index in [1.807, 2.05) is 0 Å². The zero-order valence-electron chi connectivity index (χ0n) is 11.1. The molecule has 102 valence electrons. The topological polar surface area (TPSA) is 52.6 Å². The fourth-order valence-electron chi connectivity index (χ4n) is 1.68. The lowest BCUT2D eigenvalue weighted by atomic mass is 10.1. The Morgan fingerprint density at radius 1 is 1.21 bits per heavy atom. The molecule has 19 heavy (non-hydrogen) atoms. The number of rotatable bonds is 7. The number of ether oxygens (including phenoxy) is 2. The molecule has 0 saturated heterocycles. The van der Waals surface area contributed by atoms with Gasteiger partial charge in [-0.25, -0.2) is 0 Å². The summed E-state index contributed by atoms with van der Waals surface area (Å²) in [6.07, 6.45) is 2.28. The number of carbonyl (C=O) groups is 2. The van der Waals surface area contributed by atoms with E-state index in [0.29, 0.717) is 18.1 Å². The average Bonchev–Trinajstić information content (AvgIpc) is 3.21. The van der Waals surface area contributed by atoms with Gasteiger partial charge in [-0.2, -0.15) is 0 Å². The molecule has 0 bridgehead atoms. The van der Waals surface area contributed by atoms with Crippen molar-refractivity contribution in [1.82, 2.24) is 0 Å². The van der Waals surface area contributed by atoms with Crippen LogP contribution in [0, 0.1) is 5.92 Å². The summed E-state index contributed by atoms with van der Waals surface area (Å²) in [4.78, 5) is 23.0. The van der Waals surface area contributed by atoms with Crippen LogP contribution >= 0.6 is 0 Å². The second-order valence-electron chi connectivity index (χ2n) is 4.68. The third-order valence-electron chi connectivity index (χ3n) is 2.97. The normalized spacial score (nSPS) is 13.9. The first-order chi connectivity index (χ1) is 9.19. The molecule has 0 atom stereocenters. The van der Waals surface area contributed by atoms with Crippen LogP contribution in [0.15, 0.2) is 24.3 Å². The van der Waals surface area contributed by atoms with Crippen LogP contribution in [0.2, 0.25) is 0 Å². The molecule has 1 aromatic rings. The fourth-order valence-corrected chi connectivity index (χ4v) is 1.68. The summed E-state index contributed by atoms with van der Waals surface area (Å²) < 4.78 is 10.3. The maximum absolute atomic E-state index is 11.8. The molecule has 1 saturated carbocycles. The molecule has 1 aromatic carbocycles. The summed E-state index contributed by atoms with van der Waals surface area (Å²) >= 11 is 0. The van der Waals surface area contributed by atoms with Crippen molar-refractivity contribution in [3.63, 3.8) is 0 Å². The van der Waals surface area contributed by atoms with E-state index in [0.717, 1.165) is 12.4 Å². The molecule has 1 aliphatic carbocycles. The van der Waals surface area contributed by atoms with Crippen LogP contribution in [0.5, 0.6) is 5.75 Å². The Labute approximate surface area is 112 Å². The van der Waals surface area contributed by atoms with Gasteiger partial charge in [0.2, 0.25) is 0 Å². The number of benzene rings is 1. The lowest BCUT2D eigenvalue weighted by Crippen LogP contribution is -2.11. The molecule has 0 heterocycles. The molecule has 0 spiro atoms. The minimum absolute atomic E-state index is 0.212. The quantitative estimate of drug-likeness (QED) is 0.430. The van der Waals surface area contributed by atoms with Gasteiger partial charge in [0.25, 0.3) is 0 Å². The maximum Gasteiger partial charge on any atom is 0.313 e. The first-order valence-electron chi connectivity index (χ1n) is 6.60. The maximum atomic E-state index is 11.8. The predicted octanol–water partition coefficient (Wildman–Crippen LogP) is 2.61. The van der Waals surface area contributed by atoms with Gasteiger partial charge in [0, 0.05) is 5.56 Å². The number of esters is 1. The molecular formula is C15H18O4. The van der Waals surface area contributed by atoms with E-state index in [-0.39, 0.29) is 12.2 Å². The number of ketones is 1. The molecule has 4 heteroatoms. The molecule has 0 unspecified atom stereocenters. The van der Waals surface area contributed by atoms with E-state index < -0.39 is 5.97 Å². The van der Waals surface area contributed by atoms with Crippen LogP contribution in [-0.4, -0.2) is 25.0 Å². The Morgan fingerprint density at radius 3 is 2.47 bits per heavy atom. The minimum Gasteiger partial charge on any atom is -0.493 e. The van der Waals surface area contributed by atoms with Crippen LogP contribution in [0.1, 0.15) is 36.5 Å². The van der Waals surface area contributed by atoms with Crippen molar-refractivity contribution in [3.05, 3.63) is 29.8 Å². The van der Waals surface area contributed by atoms with Gasteiger partial charge in [-0.05, 0) is 49.9 Å². The molecule has 0 aliphatic heterocycles. The van der Waals surface area contributed by atoms with Crippen molar-refractivity contribution in [2.45, 2.75) is 26.2 Å². The average molecular weight is 262 g/mol. The fraction of sp³-hybridized carbons (Fsp3) is 0.467. The van der Waals surface area contributed by atoms with Gasteiger partial charge in [-0.3, -0.25) is 9.59 Å². The van der Waals surface area contributed by atoms with Crippen molar-refractivity contribution in [3.8, 4) is 5.75 Å². The van der Waals surface area contributed by atoms with E-state index in [9.17, 15) is 9.59 Å². The van der Waals surface area contributed by atoms with Crippen molar-refractivity contribution >= 4 is 11.8 Å². The van der Waals surface area contributed by atoms with Crippen LogP contribution in [0.4, 0.5) is 0 Å². The lowest BCUT2D eigenvalue weighted by Gasteiger charge is -2.06. The van der Waals surface area contributed by atoms with Gasteiger partial charge in [-0.1, -0.05) is 0 Å². The van der Waals surface area contributed by atoms with Gasteiger partial charge in [-0.15, -0.1) is 0 Å². The third kappa shape index (κ3) is 4.39. The Hall–Kier alpha value is -1.84. The summed E-state index contributed by atoms with van der Waals surface area (Å²) in [5, 5.41) is 0. The Balaban J connectivity index is 1.85. The Kier molecular flexibility index (Phi) is 4.55. The summed E-state index contributed by atoms with van der Waals surface area (Å²) in [5.41, 5.74) is 0.506. The highest BCUT2D eigenvalue weighted by Gasteiger charge is 2.21. The number of hydrogen-bond donors (Lipinski definition) is 0. The highest BCUT2D eigenvalue weighted by molar-refractivity contribution is 6.05. The standard InChI is InChI=1S/C15H18O4/c1-2-18-15(17)9-14(16)12-5-7-13(8-6-12)19-10-11-3-4-11/h5-8,11H,2-4,9-10H2,1H3. The molecule has 0 amide bonds. The van der Waals surface area contributed by atoms with Gasteiger partial charge < -0.3 is 9.47 Å². The second kappa shape index (κ2) is 6.36. The lowest BCUT2D eigenvalue weighted by molar-refractivity contribution is -0.141. The molecule has 0 radical (unpaired) electrons. The molecule has 1 fully saturated rings. The second-order valence-corrected chi connectivity index (χ2v) is 4.68. The molecule has 4 nitrogen and oxygen atoms in total. The zero-order valence-corrected chi connectivity index (χ0v) is 11.1. The van der Waals surface area contributed by atoms with E-state index >= 15 is 0 Å². The minimum atomic E-state index is -0.485. The van der Waals surface area contributed by atoms with Crippen LogP contribution in [-0.2, 0) is 9.53 Å². The number of hydrogen-bond acceptors (Lipinski definition) is 4. The van der Waals surface area contributed by atoms with Gasteiger partial charge in [0.15, 0.2) is 5.78 Å². The van der Waals surface area contributed by atoms with Crippen LogP contribution in [0.3, 0.4) is 0 Å². The SMILES string of the molecule is CCOC(=O)CC(=O)c1ccc(OCC2CC2)cc1. The third-order valence-corrected chi connectivity index (χ3v) is 2.97. The van der Waals surface area contributed by atoms with Crippen LogP contribution < -0.4 is 4.74 Å². The van der Waals surface area contributed by atoms with E-state index in [1.165, 1.54) is 12.8 Å². The molecule has 0 N–H and O–H groups in total. The summed E-state index contributed by atoms with van der Waals surface area (Å²) in [7, 11) is 0. The van der Waals surface area contributed by atoms with Crippen molar-refractivity contribution in [1.29, 1.82) is 0 Å². The van der Waals surface area contributed by atoms with Gasteiger partial charge >= 0.3 is 5.97 Å². The van der Waals surface area contributed by atoms with E-state index in [2.05, 4.69) is 0 Å². The monoisotopic (exact) mass is 262 g/mol. The highest BCUT2D eigenvalue weighted by atomic mass is 16.5. The van der Waals surface area contributed by atoms with Gasteiger partial charge in [0.05, 0.1) is 13.2 Å². The number of Topliss-reactive ketones (excluding diaryl/α,β-unsaturated/α-hetero) is 1. The van der Waals surface area contributed by atoms with E-state index in [1.54, 1.807) is 31.2 Å². The Morgan fingerprint density at radius 2 is 1.89 bits per heavy atom. The van der Waals surface area contributed by atoms with Gasteiger partial charge in [0.1, 0.15) is 12.2 Å². The zero-order chi connectivity index (χ0) is 13.7. The van der Waals surface area contributed by atoms with Crippen molar-refractivity contribution in [2.24, 2.45) is 5.92 Å². The highest BCUT2D eigenvalue weighted by Crippen LogP contribution is 2.29. The van der Waals surface area contributed by atoms with E-state index in [4.69, 9.17) is 9.47 Å². The first kappa shape index (κ1) is 13.6. The molecule has 1 aliphatic rings. The van der Waals surface area contributed by atoms with Crippen molar-refractivity contribution < 1.29 is 19.1 Å². The Bertz CT molecular complexity index is 446. The molecule has 0 aromatic heterocycles. The summed E-state index contributed by atoms with van der Waals surface area (Å²) in [6.45, 7) is 2.75. The first-order valence-corrected chi connectivity index (χ1v) is 6.60. The van der Waals surface area contributed by atoms with Crippen molar-refractivity contribution in [2.75, 3.05) is 13.2 Å². The molecule has 2 rings (SSSR count). The smallest absolute Gasteiger partial charge is 0.313 e. The summed E-state index contributed by atoms with van der Waals surface area (Å²) in [5.74, 6) is 0.749. The molecular weight excluding hydrogens is 244 g/mol. The largest absolute Gasteiger partial charge is 0.493 e. The predicted molar refractivity (Wildman–Crippen MR) is 70.2 cm³/mol.